The fourth-order valence-electron chi connectivity index (χ4n) is 2.68. The molecule has 0 saturated carbocycles. The van der Waals surface area contributed by atoms with E-state index in [1.54, 1.807) is 29.2 Å². The number of thiazole rings is 1. The number of rotatable bonds is 3. The number of hydrogen-bond acceptors (Lipinski definition) is 4. The van der Waals surface area contributed by atoms with Crippen LogP contribution in [0.3, 0.4) is 0 Å². The van der Waals surface area contributed by atoms with Crippen LogP contribution in [0, 0.1) is 5.82 Å². The Bertz CT molecular complexity index is 624. The standard InChI is InChI=1S/C15H17FN2S2/c1-17-10-6-4-7-11-14(10)20-15(18-11)13-9(16)5-3-8-12(13)19-2/h3,5,8,10,17H,4,6-7H2,1-2H3. The first-order valence-corrected chi connectivity index (χ1v) is 8.78. The molecular formula is C15H17FN2S2. The maximum Gasteiger partial charge on any atom is 0.134 e. The molecular weight excluding hydrogens is 291 g/mol. The summed E-state index contributed by atoms with van der Waals surface area (Å²) >= 11 is 3.21. The van der Waals surface area contributed by atoms with Crippen LogP contribution in [-0.2, 0) is 6.42 Å². The van der Waals surface area contributed by atoms with Crippen LogP contribution in [0.1, 0.15) is 29.5 Å². The Morgan fingerprint density at radius 1 is 1.45 bits per heavy atom. The van der Waals surface area contributed by atoms with E-state index in [4.69, 9.17) is 4.98 Å². The molecule has 0 spiro atoms. The number of nitrogens with one attached hydrogen (secondary N) is 1. The van der Waals surface area contributed by atoms with Crippen LogP contribution in [0.2, 0.25) is 0 Å². The number of halogens is 1. The summed E-state index contributed by atoms with van der Waals surface area (Å²) in [6.07, 6.45) is 5.27. The highest BCUT2D eigenvalue weighted by atomic mass is 32.2. The zero-order valence-electron chi connectivity index (χ0n) is 11.6. The average Bonchev–Trinajstić information content (AvgIpc) is 2.90. The van der Waals surface area contributed by atoms with Crippen LogP contribution in [0.15, 0.2) is 23.1 Å². The van der Waals surface area contributed by atoms with Crippen molar-refractivity contribution >= 4 is 23.1 Å². The Balaban J connectivity index is 2.10. The molecule has 2 nitrogen and oxygen atoms in total. The molecule has 3 rings (SSSR count). The van der Waals surface area contributed by atoms with Crippen molar-refractivity contribution in [3.05, 3.63) is 34.6 Å². The first-order chi connectivity index (χ1) is 9.74. The smallest absolute Gasteiger partial charge is 0.134 e. The Kier molecular flexibility index (Phi) is 4.10. The fraction of sp³-hybridized carbons (Fsp3) is 0.400. The predicted octanol–water partition coefficient (Wildman–Crippen LogP) is 4.27. The maximum absolute atomic E-state index is 14.2. The summed E-state index contributed by atoms with van der Waals surface area (Å²) in [5.41, 5.74) is 1.81. The van der Waals surface area contributed by atoms with Crippen molar-refractivity contribution in [2.45, 2.75) is 30.2 Å². The van der Waals surface area contributed by atoms with Gasteiger partial charge in [-0.25, -0.2) is 9.37 Å². The van der Waals surface area contributed by atoms with Gasteiger partial charge < -0.3 is 5.32 Å². The van der Waals surface area contributed by atoms with Gasteiger partial charge in [-0.2, -0.15) is 0 Å². The SMILES string of the molecule is CNC1CCCc2nc(-c3c(F)cccc3SC)sc21. The topological polar surface area (TPSA) is 24.9 Å². The Labute approximate surface area is 126 Å². The summed E-state index contributed by atoms with van der Waals surface area (Å²) in [5, 5.41) is 4.16. The van der Waals surface area contributed by atoms with Crippen molar-refractivity contribution in [3.63, 3.8) is 0 Å². The molecule has 1 aliphatic rings. The molecule has 106 valence electrons. The molecule has 2 aromatic rings. The molecule has 0 fully saturated rings. The van der Waals surface area contributed by atoms with E-state index in [-0.39, 0.29) is 5.82 Å². The van der Waals surface area contributed by atoms with Crippen LogP contribution in [0.4, 0.5) is 4.39 Å². The van der Waals surface area contributed by atoms with E-state index in [0.717, 1.165) is 34.9 Å². The molecule has 1 aliphatic carbocycles. The third-order valence-electron chi connectivity index (χ3n) is 3.71. The number of fused-ring (bicyclic) bond motifs is 1. The molecule has 0 bridgehead atoms. The van der Waals surface area contributed by atoms with Crippen molar-refractivity contribution < 1.29 is 4.39 Å². The largest absolute Gasteiger partial charge is 0.312 e. The highest BCUT2D eigenvalue weighted by Gasteiger charge is 2.25. The normalized spacial score (nSPS) is 18.1. The average molecular weight is 308 g/mol. The molecule has 1 unspecified atom stereocenters. The van der Waals surface area contributed by atoms with Crippen LogP contribution in [0.25, 0.3) is 10.6 Å². The van der Waals surface area contributed by atoms with E-state index < -0.39 is 0 Å². The molecule has 0 aliphatic heterocycles. The number of aryl methyl sites for hydroxylation is 1. The van der Waals surface area contributed by atoms with Crippen LogP contribution >= 0.6 is 23.1 Å². The van der Waals surface area contributed by atoms with Crippen LogP contribution in [-0.4, -0.2) is 18.3 Å². The molecule has 1 N–H and O–H groups in total. The maximum atomic E-state index is 14.2. The second kappa shape index (κ2) is 5.84. The molecule has 1 heterocycles. The van der Waals surface area contributed by atoms with E-state index in [1.165, 1.54) is 10.9 Å². The minimum Gasteiger partial charge on any atom is -0.312 e. The Morgan fingerprint density at radius 2 is 2.30 bits per heavy atom. The summed E-state index contributed by atoms with van der Waals surface area (Å²) in [6.45, 7) is 0. The van der Waals surface area contributed by atoms with Gasteiger partial charge in [0.15, 0.2) is 0 Å². The van der Waals surface area contributed by atoms with E-state index >= 15 is 0 Å². The monoisotopic (exact) mass is 308 g/mol. The molecule has 0 saturated heterocycles. The van der Waals surface area contributed by atoms with Crippen LogP contribution < -0.4 is 5.32 Å². The lowest BCUT2D eigenvalue weighted by molar-refractivity contribution is 0.501. The molecule has 20 heavy (non-hydrogen) atoms. The van der Waals surface area contributed by atoms with E-state index in [9.17, 15) is 4.39 Å². The lowest BCUT2D eigenvalue weighted by Crippen LogP contribution is -2.19. The second-order valence-corrected chi connectivity index (χ2v) is 6.76. The molecule has 5 heteroatoms. The highest BCUT2D eigenvalue weighted by Crippen LogP contribution is 2.41. The van der Waals surface area contributed by atoms with Gasteiger partial charge in [0.1, 0.15) is 10.8 Å². The lowest BCUT2D eigenvalue weighted by atomic mass is 9.98. The first-order valence-electron chi connectivity index (χ1n) is 6.74. The van der Waals surface area contributed by atoms with Gasteiger partial charge in [-0.1, -0.05) is 6.07 Å². The second-order valence-electron chi connectivity index (χ2n) is 4.88. The molecule has 1 aromatic carbocycles. The van der Waals surface area contributed by atoms with Gasteiger partial charge in [0.2, 0.25) is 0 Å². The van der Waals surface area contributed by atoms with E-state index in [2.05, 4.69) is 5.32 Å². The summed E-state index contributed by atoms with van der Waals surface area (Å²) in [6, 6.07) is 5.60. The van der Waals surface area contributed by atoms with E-state index in [1.807, 2.05) is 19.4 Å². The van der Waals surface area contributed by atoms with Gasteiger partial charge >= 0.3 is 0 Å². The van der Waals surface area contributed by atoms with Crippen molar-refractivity contribution in [2.24, 2.45) is 0 Å². The van der Waals surface area contributed by atoms with Gasteiger partial charge in [0.25, 0.3) is 0 Å². The molecule has 1 atom stereocenters. The summed E-state index contributed by atoms with van der Waals surface area (Å²) in [4.78, 5) is 6.95. The third-order valence-corrected chi connectivity index (χ3v) is 5.72. The van der Waals surface area contributed by atoms with Crippen molar-refractivity contribution in [3.8, 4) is 10.6 Å². The number of benzene rings is 1. The number of hydrogen-bond donors (Lipinski definition) is 1. The number of nitrogens with zero attached hydrogens (tertiary/aromatic N) is 1. The van der Waals surface area contributed by atoms with Gasteiger partial charge in [0, 0.05) is 15.8 Å². The predicted molar refractivity (Wildman–Crippen MR) is 84.0 cm³/mol. The molecule has 0 amide bonds. The number of thioether (sulfide) groups is 1. The molecule has 0 radical (unpaired) electrons. The van der Waals surface area contributed by atoms with Crippen molar-refractivity contribution in [1.82, 2.24) is 10.3 Å². The lowest BCUT2D eigenvalue weighted by Gasteiger charge is -2.19. The Morgan fingerprint density at radius 3 is 3.05 bits per heavy atom. The minimum absolute atomic E-state index is 0.177. The minimum atomic E-state index is -0.177. The van der Waals surface area contributed by atoms with Gasteiger partial charge in [0.05, 0.1) is 11.3 Å². The Hall–Kier alpha value is -0.910. The number of aromatic nitrogens is 1. The van der Waals surface area contributed by atoms with Gasteiger partial charge in [-0.3, -0.25) is 0 Å². The summed E-state index contributed by atoms with van der Waals surface area (Å²) in [5.74, 6) is -0.177. The molecule has 1 aromatic heterocycles. The first kappa shape index (κ1) is 14.0. The summed E-state index contributed by atoms with van der Waals surface area (Å²) < 4.78 is 14.2. The quantitative estimate of drug-likeness (QED) is 0.857. The van der Waals surface area contributed by atoms with Gasteiger partial charge in [-0.15, -0.1) is 23.1 Å². The fourth-order valence-corrected chi connectivity index (χ4v) is 4.68. The van der Waals surface area contributed by atoms with Crippen molar-refractivity contribution in [1.29, 1.82) is 0 Å². The van der Waals surface area contributed by atoms with Crippen molar-refractivity contribution in [2.75, 3.05) is 13.3 Å². The van der Waals surface area contributed by atoms with Gasteiger partial charge in [-0.05, 0) is 44.7 Å². The third kappa shape index (κ3) is 2.38. The zero-order chi connectivity index (χ0) is 14.1. The van der Waals surface area contributed by atoms with Crippen LogP contribution in [0.5, 0.6) is 0 Å². The highest BCUT2D eigenvalue weighted by molar-refractivity contribution is 7.98. The van der Waals surface area contributed by atoms with E-state index in [0.29, 0.717) is 11.6 Å². The summed E-state index contributed by atoms with van der Waals surface area (Å²) in [7, 11) is 1.98. The zero-order valence-corrected chi connectivity index (χ0v) is 13.2.